The van der Waals surface area contributed by atoms with E-state index in [4.69, 9.17) is 17.0 Å². The number of fused-ring (bicyclic) bond motifs is 1. The van der Waals surface area contributed by atoms with Crippen LogP contribution in [0.4, 0.5) is 0 Å². The fourth-order valence-electron chi connectivity index (χ4n) is 12.9. The maximum atomic E-state index is 15.2. The molecule has 128 heavy (non-hydrogen) atoms. The largest absolute Gasteiger partial charge is 0.508 e. The number of azide groups is 1. The van der Waals surface area contributed by atoms with Gasteiger partial charge in [0.1, 0.15) is 94.9 Å². The van der Waals surface area contributed by atoms with Gasteiger partial charge in [-0.15, -0.1) is 5.53 Å². The van der Waals surface area contributed by atoms with Crippen LogP contribution >= 0.6 is 0 Å². The van der Waals surface area contributed by atoms with Gasteiger partial charge in [0.2, 0.25) is 100 Å². The van der Waals surface area contributed by atoms with E-state index in [0.29, 0.717) is 40.4 Å². The van der Waals surface area contributed by atoms with Gasteiger partial charge in [0.15, 0.2) is 0 Å². The number of phenols is 1. The van der Waals surface area contributed by atoms with E-state index in [-0.39, 0.29) is 56.2 Å². The fourth-order valence-corrected chi connectivity index (χ4v) is 12.9. The highest BCUT2D eigenvalue weighted by atomic mass is 16.4. The van der Waals surface area contributed by atoms with E-state index in [0.717, 1.165) is 0 Å². The number of aromatic hydroxyl groups is 1. The minimum atomic E-state index is -2.08. The second-order valence-electron chi connectivity index (χ2n) is 33.7. The van der Waals surface area contributed by atoms with Gasteiger partial charge in [-0.2, -0.15) is 4.91 Å². The predicted molar refractivity (Wildman–Crippen MR) is 464 cm³/mol. The van der Waals surface area contributed by atoms with Gasteiger partial charge in [0.25, 0.3) is 0 Å². The molecule has 0 radical (unpaired) electrons. The molecule has 1 heterocycles. The van der Waals surface area contributed by atoms with E-state index in [9.17, 15) is 97.1 Å². The maximum Gasteiger partial charge on any atom is 0.303 e. The highest BCUT2D eigenvalue weighted by Crippen LogP contribution is 2.22. The van der Waals surface area contributed by atoms with Gasteiger partial charge in [0.05, 0.1) is 19.3 Å². The van der Waals surface area contributed by atoms with E-state index in [1.54, 1.807) is 88.5 Å². The summed E-state index contributed by atoms with van der Waals surface area (Å²) in [6, 6.07) is 2.06. The van der Waals surface area contributed by atoms with Gasteiger partial charge >= 0.3 is 5.97 Å². The van der Waals surface area contributed by atoms with Crippen molar-refractivity contribution in [2.24, 2.45) is 28.5 Å². The second kappa shape index (κ2) is 50.6. The van der Waals surface area contributed by atoms with Gasteiger partial charge in [-0.3, -0.25) is 91.7 Å². The molecule has 0 spiro atoms. The molecule has 0 aliphatic rings. The summed E-state index contributed by atoms with van der Waals surface area (Å²) in [6.45, 7) is 18.5. The van der Waals surface area contributed by atoms with Crippen LogP contribution in [0.25, 0.3) is 21.3 Å². The summed E-state index contributed by atoms with van der Waals surface area (Å²) in [5.41, 5.74) is 17.6. The number of nitrogens with zero attached hydrogens (tertiary/aromatic N) is 3. The molecule has 17 amide bonds. The summed E-state index contributed by atoms with van der Waals surface area (Å²) in [7, 11) is 0. The van der Waals surface area contributed by atoms with Crippen LogP contribution in [0.1, 0.15) is 171 Å². The smallest absolute Gasteiger partial charge is 0.303 e. The van der Waals surface area contributed by atoms with Crippen LogP contribution < -0.4 is 96.6 Å². The molecule has 0 bridgehead atoms. The molecule has 0 saturated carbocycles. The lowest BCUT2D eigenvalue weighted by Crippen LogP contribution is -2.65. The first-order valence-electron chi connectivity index (χ1n) is 41.7. The van der Waals surface area contributed by atoms with E-state index < -0.39 is 240 Å². The van der Waals surface area contributed by atoms with Crippen molar-refractivity contribution in [3.8, 4) is 5.75 Å². The maximum absolute atomic E-state index is 15.2. The normalized spacial score (nSPS) is 14.5. The van der Waals surface area contributed by atoms with Gasteiger partial charge in [-0.1, -0.05) is 88.4 Å². The number of nitrogens with one attached hydrogen (secondary N) is 17. The number of carboxylic acid groups (broad SMARTS) is 1. The topological polar surface area (TPSA) is 697 Å². The van der Waals surface area contributed by atoms with Crippen molar-refractivity contribution < 1.29 is 107 Å². The molecular weight excluding hydrogens is 1670 g/mol. The Hall–Kier alpha value is -13.5. The zero-order valence-corrected chi connectivity index (χ0v) is 74.3. The molecule has 0 aliphatic heterocycles. The Bertz CT molecular complexity index is 4630. The van der Waals surface area contributed by atoms with Crippen molar-refractivity contribution in [2.45, 2.75) is 269 Å². The molecule has 0 unspecified atom stereocenters. The number of benzene rings is 3. The number of nitrogens with two attached hydrogens (primary N) is 2. The summed E-state index contributed by atoms with van der Waals surface area (Å²) >= 11 is 0. The van der Waals surface area contributed by atoms with Crippen molar-refractivity contribution in [1.82, 2.24) is 90.2 Å². The first-order chi connectivity index (χ1) is 59.9. The molecule has 13 atom stereocenters. The van der Waals surface area contributed by atoms with Crippen LogP contribution in [0.3, 0.4) is 0 Å². The number of phenolic OH excluding ortho intramolecular Hbond substituents is 1. The van der Waals surface area contributed by atoms with Gasteiger partial charge in [0, 0.05) is 56.1 Å². The lowest BCUT2D eigenvalue weighted by Gasteiger charge is -2.32. The average Bonchev–Trinajstić information content (AvgIpc) is 1.77. The van der Waals surface area contributed by atoms with Crippen LogP contribution in [-0.4, -0.2) is 240 Å². The van der Waals surface area contributed by atoms with E-state index in [2.05, 4.69) is 100 Å². The van der Waals surface area contributed by atoms with Crippen molar-refractivity contribution in [3.63, 3.8) is 0 Å². The first kappa shape index (κ1) is 107. The van der Waals surface area contributed by atoms with Crippen LogP contribution in [0.15, 0.2) is 90.3 Å². The number of primary amides is 2. The molecule has 3 aromatic carbocycles. The molecule has 702 valence electrons. The Labute approximate surface area is 739 Å². The van der Waals surface area contributed by atoms with Gasteiger partial charge < -0.3 is 117 Å². The number of aliphatic hydroxyl groups excluding tert-OH is 2. The zero-order chi connectivity index (χ0) is 96.3. The van der Waals surface area contributed by atoms with E-state index in [1.807, 2.05) is 0 Å². The van der Waals surface area contributed by atoms with E-state index >= 15 is 9.59 Å². The number of aliphatic hydroxyl groups is 2. The van der Waals surface area contributed by atoms with Crippen LogP contribution in [0.2, 0.25) is 0 Å². The van der Waals surface area contributed by atoms with E-state index in [1.165, 1.54) is 93.5 Å². The third-order valence-corrected chi connectivity index (χ3v) is 20.2. The Morgan fingerprint density at radius 1 is 0.453 bits per heavy atom. The Balaban J connectivity index is 1.61. The number of aliphatic carboxylic acids is 1. The molecule has 44 heteroatoms. The monoisotopic (exact) mass is 1790 g/mol. The molecule has 1 aromatic heterocycles. The van der Waals surface area contributed by atoms with Crippen molar-refractivity contribution in [1.29, 1.82) is 0 Å². The number of rotatable bonds is 54. The Kier molecular flexibility index (Phi) is 42.2. The molecule has 4 rings (SSSR count). The quantitative estimate of drug-likeness (QED) is 0.00716. The molecular formula is C84H124N22O22. The summed E-state index contributed by atoms with van der Waals surface area (Å²) in [4.78, 5) is 254. The zero-order valence-electron chi connectivity index (χ0n) is 74.3. The SMILES string of the molecule is CC(=O)N[C@@H](CC(C)C)C(=O)N[C@H](C(=O)N[C@@H](Cc1ccccc1)C(=O)NC(C)(C)C(=O)N[C@@H](CCC(=O)O)C(=O)N[C@@H](Cc1ccc(O)cc1)C(=O)N[C@@H](Cc1c[nH]c2ccccc12)C(=O)NC(C)(C)C(=O)N[C@@H](CCC(N)=O)C(=O)N[C@@H](CC(C)C)C(=O)NC(C)(C)C(=O)N[C@@H](CO)C(=O)N[C@@H](C)C(=O)N[C@@H](C)C(=O)N[C@@H](CCCCNN=[N+]=[N-])C(N)=O)[C@@H](C)O. The van der Waals surface area contributed by atoms with Crippen molar-refractivity contribution >= 4 is 117 Å². The summed E-state index contributed by atoms with van der Waals surface area (Å²) in [6.07, 6.45) is -2.50. The van der Waals surface area contributed by atoms with Crippen LogP contribution in [0.5, 0.6) is 5.75 Å². The molecule has 0 fully saturated rings. The Morgan fingerprint density at radius 2 is 0.867 bits per heavy atom. The standard InChI is InChI=1S/C84H124N22O22/c1-43(2)36-58(92-48(8)109)73(120)101-66(47(7)108)78(125)97-61(38-49-22-16-15-17-23-49)76(123)103-82(9,10)80(127)99-57(32-34-65(112)113)71(118)95-60(39-50-27-29-52(110)30-28-50)72(119)96-62(40-51-41-88-54-25-19-18-24-53(51)54)77(124)104-83(11,12)79(126)98-56(31-33-64(85)111)70(117)94-59(37-44(3)4)75(122)102-84(13,14)81(128)100-63(42-107)74(121)91-45(5)68(115)90-46(6)69(116)93-55(67(86)114)26-20-21-35-89-106-105-87/h15-19,22-25,27-30,41,43-47,55-63,66,88-89,107-108,110H,20-21,26,31-40,42H2,1-14H3,(H2,85,111)(H2,86,114)(H,90,115)(H,91,121)(H,92,109)(H,93,116)(H,94,117)(H,95,118)(H,96,119)(H,97,125)(H,98,126)(H,99,127)(H,100,128)(H,101,120)(H,102,122)(H,103,123)(H,104,124)(H,112,113)/t45-,46-,47+,55-,56-,57-,58-,59-,60-,61-,62-,63-,66-/m0/s1. The van der Waals surface area contributed by atoms with Crippen molar-refractivity contribution in [2.75, 3.05) is 13.2 Å². The number of carbonyl (C=O) groups excluding carboxylic acids is 17. The third-order valence-electron chi connectivity index (χ3n) is 20.2. The number of amides is 17. The second-order valence-corrected chi connectivity index (χ2v) is 33.7. The lowest BCUT2D eigenvalue weighted by atomic mass is 9.97. The number of hydrogen-bond donors (Lipinski definition) is 23. The molecule has 44 nitrogen and oxygen atoms in total. The molecule has 25 N–H and O–H groups in total. The fraction of sp³-hybridized carbons (Fsp3) is 0.548. The van der Waals surface area contributed by atoms with Gasteiger partial charge in [-0.25, -0.2) is 0 Å². The minimum absolute atomic E-state index is 0.107. The van der Waals surface area contributed by atoms with Crippen LogP contribution in [0, 0.1) is 11.8 Å². The average molecular weight is 1790 g/mol. The van der Waals surface area contributed by atoms with Gasteiger partial charge in [-0.05, 0) is 159 Å². The number of carbonyl (C=O) groups is 18. The summed E-state index contributed by atoms with van der Waals surface area (Å²) in [5, 5.41) is 82.6. The number of carboxylic acids is 1. The third kappa shape index (κ3) is 35.9. The number of unbranched alkanes of at least 4 members (excludes halogenated alkanes) is 1. The summed E-state index contributed by atoms with van der Waals surface area (Å²) < 4.78 is 0. The molecule has 0 saturated heterocycles. The minimum Gasteiger partial charge on any atom is -0.508 e. The van der Waals surface area contributed by atoms with Crippen molar-refractivity contribution in [3.05, 3.63) is 112 Å². The highest BCUT2D eigenvalue weighted by Gasteiger charge is 2.43. The number of aromatic amines is 1. The molecule has 4 aromatic rings. The number of hydrogen-bond acceptors (Lipinski definition) is 22. The first-order valence-corrected chi connectivity index (χ1v) is 41.7. The lowest BCUT2D eigenvalue weighted by molar-refractivity contribution is -0.139. The number of H-pyrrole nitrogens is 1. The molecule has 0 aliphatic carbocycles. The Morgan fingerprint density at radius 3 is 1.35 bits per heavy atom. The number of aromatic nitrogens is 1. The number of para-hydroxylation sites is 1. The predicted octanol–water partition coefficient (Wildman–Crippen LogP) is -2.47. The summed E-state index contributed by atoms with van der Waals surface area (Å²) in [5.74, 6) is -18.7. The highest BCUT2D eigenvalue weighted by molar-refractivity contribution is 6.03. The van der Waals surface area contributed by atoms with Crippen LogP contribution in [-0.2, 0) is 106 Å².